The number of aromatic nitrogens is 1. The van der Waals surface area contributed by atoms with Crippen molar-refractivity contribution in [2.24, 2.45) is 5.92 Å². The predicted molar refractivity (Wildman–Crippen MR) is 75.1 cm³/mol. The highest BCUT2D eigenvalue weighted by molar-refractivity contribution is 5.95. The number of piperidine rings is 1. The number of nitrogens with two attached hydrogens (primary N) is 1. The van der Waals surface area contributed by atoms with E-state index in [1.807, 2.05) is 16.4 Å². The summed E-state index contributed by atoms with van der Waals surface area (Å²) >= 11 is 0. The van der Waals surface area contributed by atoms with Gasteiger partial charge in [0.2, 0.25) is 5.91 Å². The lowest BCUT2D eigenvalue weighted by Gasteiger charge is -2.36. The lowest BCUT2D eigenvalue weighted by molar-refractivity contribution is -0.123. The van der Waals surface area contributed by atoms with E-state index in [0.717, 1.165) is 12.8 Å². The summed E-state index contributed by atoms with van der Waals surface area (Å²) in [6.45, 7) is 3.97. The van der Waals surface area contributed by atoms with E-state index in [1.165, 1.54) is 0 Å². The molecule has 1 aromatic rings. The second kappa shape index (κ2) is 4.85. The Morgan fingerprint density at radius 2 is 2.35 bits per heavy atom. The molecule has 0 bridgehead atoms. The lowest BCUT2D eigenvalue weighted by atomic mass is 9.91. The SMILES string of the molecule is CCn1cc(N)cc1C(=O)N1CCCC2C(=O)NCC21. The first kappa shape index (κ1) is 13.0. The smallest absolute Gasteiger partial charge is 0.270 e. The molecule has 3 heterocycles. The average Bonchev–Trinajstić information content (AvgIpc) is 3.01. The highest BCUT2D eigenvalue weighted by Gasteiger charge is 2.43. The first-order valence-electron chi connectivity index (χ1n) is 7.16. The van der Waals surface area contributed by atoms with Gasteiger partial charge in [-0.15, -0.1) is 0 Å². The van der Waals surface area contributed by atoms with Gasteiger partial charge in [0.1, 0.15) is 5.69 Å². The van der Waals surface area contributed by atoms with E-state index in [2.05, 4.69) is 5.32 Å². The fraction of sp³-hybridized carbons (Fsp3) is 0.571. The second-order valence-corrected chi connectivity index (χ2v) is 5.50. The molecule has 3 rings (SSSR count). The van der Waals surface area contributed by atoms with Crippen molar-refractivity contribution in [2.75, 3.05) is 18.8 Å². The topological polar surface area (TPSA) is 80.4 Å². The standard InChI is InChI=1S/C14H20N4O2/c1-2-17-8-9(15)6-11(17)14(20)18-5-3-4-10-12(18)7-16-13(10)19/h6,8,10,12H,2-5,7,15H2,1H3,(H,16,19). The van der Waals surface area contributed by atoms with E-state index in [1.54, 1.807) is 12.3 Å². The Morgan fingerprint density at radius 1 is 1.55 bits per heavy atom. The third-order valence-electron chi connectivity index (χ3n) is 4.34. The Morgan fingerprint density at radius 3 is 3.10 bits per heavy atom. The number of hydrogen-bond acceptors (Lipinski definition) is 3. The number of carbonyl (C=O) groups is 2. The summed E-state index contributed by atoms with van der Waals surface area (Å²) in [6.07, 6.45) is 3.53. The van der Waals surface area contributed by atoms with Crippen LogP contribution in [0.1, 0.15) is 30.3 Å². The third-order valence-corrected chi connectivity index (χ3v) is 4.34. The zero-order chi connectivity index (χ0) is 14.3. The van der Waals surface area contributed by atoms with Gasteiger partial charge in [0.25, 0.3) is 5.91 Å². The molecule has 2 aliphatic rings. The van der Waals surface area contributed by atoms with Crippen LogP contribution < -0.4 is 11.1 Å². The molecular weight excluding hydrogens is 256 g/mol. The fourth-order valence-corrected chi connectivity index (χ4v) is 3.32. The molecule has 2 saturated heterocycles. The molecule has 20 heavy (non-hydrogen) atoms. The van der Waals surface area contributed by atoms with E-state index >= 15 is 0 Å². The minimum atomic E-state index is -0.0462. The van der Waals surface area contributed by atoms with Crippen LogP contribution in [0.25, 0.3) is 0 Å². The van der Waals surface area contributed by atoms with Gasteiger partial charge in [0, 0.05) is 25.8 Å². The van der Waals surface area contributed by atoms with Gasteiger partial charge in [-0.25, -0.2) is 0 Å². The molecule has 2 unspecified atom stereocenters. The fourth-order valence-electron chi connectivity index (χ4n) is 3.32. The van der Waals surface area contributed by atoms with Crippen molar-refractivity contribution >= 4 is 17.5 Å². The summed E-state index contributed by atoms with van der Waals surface area (Å²) in [6, 6.07) is 1.71. The number of carbonyl (C=O) groups excluding carboxylic acids is 2. The molecule has 0 radical (unpaired) electrons. The number of fused-ring (bicyclic) bond motifs is 1. The van der Waals surface area contributed by atoms with Crippen LogP contribution in [0.5, 0.6) is 0 Å². The molecular formula is C14H20N4O2. The van der Waals surface area contributed by atoms with E-state index in [9.17, 15) is 9.59 Å². The van der Waals surface area contributed by atoms with Gasteiger partial charge in [-0.1, -0.05) is 0 Å². The van der Waals surface area contributed by atoms with Crippen molar-refractivity contribution in [1.29, 1.82) is 0 Å². The number of nitrogens with one attached hydrogen (secondary N) is 1. The number of rotatable bonds is 2. The number of aryl methyl sites for hydroxylation is 1. The van der Waals surface area contributed by atoms with Crippen molar-refractivity contribution in [3.63, 3.8) is 0 Å². The summed E-state index contributed by atoms with van der Waals surface area (Å²) in [5, 5.41) is 2.87. The van der Waals surface area contributed by atoms with Gasteiger partial charge in [-0.2, -0.15) is 0 Å². The van der Waals surface area contributed by atoms with Crippen LogP contribution in [0.3, 0.4) is 0 Å². The molecule has 2 fully saturated rings. The summed E-state index contributed by atoms with van der Waals surface area (Å²) in [4.78, 5) is 26.4. The molecule has 3 N–H and O–H groups in total. The maximum absolute atomic E-state index is 12.8. The zero-order valence-corrected chi connectivity index (χ0v) is 11.6. The van der Waals surface area contributed by atoms with Gasteiger partial charge in [-0.3, -0.25) is 9.59 Å². The summed E-state index contributed by atoms with van der Waals surface area (Å²) in [7, 11) is 0. The molecule has 0 saturated carbocycles. The Balaban J connectivity index is 1.88. The quantitative estimate of drug-likeness (QED) is 0.822. The summed E-state index contributed by atoms with van der Waals surface area (Å²) < 4.78 is 1.87. The van der Waals surface area contributed by atoms with Gasteiger partial charge in [0.05, 0.1) is 17.6 Å². The number of anilines is 1. The average molecular weight is 276 g/mol. The molecule has 0 spiro atoms. The highest BCUT2D eigenvalue weighted by atomic mass is 16.2. The van der Waals surface area contributed by atoms with Crippen molar-refractivity contribution in [3.8, 4) is 0 Å². The molecule has 1 aromatic heterocycles. The molecule has 6 nitrogen and oxygen atoms in total. The molecule has 2 amide bonds. The van der Waals surface area contributed by atoms with Gasteiger partial charge < -0.3 is 20.5 Å². The molecule has 2 atom stereocenters. The number of nitrogen functional groups attached to an aromatic ring is 1. The van der Waals surface area contributed by atoms with Crippen LogP contribution in [0.15, 0.2) is 12.3 Å². The van der Waals surface area contributed by atoms with Gasteiger partial charge in [-0.05, 0) is 25.8 Å². The van der Waals surface area contributed by atoms with Crippen LogP contribution in [-0.4, -0.2) is 40.4 Å². The van der Waals surface area contributed by atoms with Crippen molar-refractivity contribution < 1.29 is 9.59 Å². The van der Waals surface area contributed by atoms with Crippen LogP contribution in [0.2, 0.25) is 0 Å². The number of amides is 2. The van der Waals surface area contributed by atoms with E-state index in [-0.39, 0.29) is 23.8 Å². The normalized spacial score (nSPS) is 25.4. The predicted octanol–water partition coefficient (Wildman–Crippen LogP) is 0.441. The lowest BCUT2D eigenvalue weighted by Crippen LogP contribution is -2.49. The zero-order valence-electron chi connectivity index (χ0n) is 11.6. The summed E-state index contributed by atoms with van der Waals surface area (Å²) in [5.41, 5.74) is 7.01. The maximum Gasteiger partial charge on any atom is 0.270 e. The second-order valence-electron chi connectivity index (χ2n) is 5.50. The van der Waals surface area contributed by atoms with E-state index in [0.29, 0.717) is 31.0 Å². The first-order valence-corrected chi connectivity index (χ1v) is 7.16. The number of nitrogens with zero attached hydrogens (tertiary/aromatic N) is 2. The number of hydrogen-bond donors (Lipinski definition) is 2. The first-order chi connectivity index (χ1) is 9.61. The van der Waals surface area contributed by atoms with Crippen LogP contribution >= 0.6 is 0 Å². The van der Waals surface area contributed by atoms with Crippen molar-refractivity contribution in [3.05, 3.63) is 18.0 Å². The maximum atomic E-state index is 12.8. The summed E-state index contributed by atoms with van der Waals surface area (Å²) in [5.74, 6) is 0.0164. The van der Waals surface area contributed by atoms with Gasteiger partial charge in [0.15, 0.2) is 0 Å². The minimum Gasteiger partial charge on any atom is -0.397 e. The number of likely N-dealkylation sites (tertiary alicyclic amines) is 1. The monoisotopic (exact) mass is 276 g/mol. The Labute approximate surface area is 117 Å². The van der Waals surface area contributed by atoms with E-state index in [4.69, 9.17) is 5.73 Å². The molecule has 2 aliphatic heterocycles. The van der Waals surface area contributed by atoms with Crippen LogP contribution in [0, 0.1) is 5.92 Å². The van der Waals surface area contributed by atoms with E-state index < -0.39 is 0 Å². The molecule has 108 valence electrons. The molecule has 6 heteroatoms. The highest BCUT2D eigenvalue weighted by Crippen LogP contribution is 2.29. The molecule has 0 aromatic carbocycles. The van der Waals surface area contributed by atoms with Crippen LogP contribution in [0.4, 0.5) is 5.69 Å². The minimum absolute atomic E-state index is 0.00909. The Bertz CT molecular complexity index is 551. The van der Waals surface area contributed by atoms with Crippen molar-refractivity contribution in [2.45, 2.75) is 32.4 Å². The third kappa shape index (κ3) is 1.95. The Hall–Kier alpha value is -1.98. The van der Waals surface area contributed by atoms with Crippen molar-refractivity contribution in [1.82, 2.24) is 14.8 Å². The largest absolute Gasteiger partial charge is 0.397 e. The molecule has 0 aliphatic carbocycles. The van der Waals surface area contributed by atoms with Gasteiger partial charge >= 0.3 is 0 Å². The van der Waals surface area contributed by atoms with Crippen LogP contribution in [-0.2, 0) is 11.3 Å². The Kier molecular flexibility index (Phi) is 3.16.